The molecule has 0 aromatic heterocycles. The Kier molecular flexibility index (Phi) is 3.59. The summed E-state index contributed by atoms with van der Waals surface area (Å²) in [5, 5.41) is 7.06. The largest absolute Gasteiger partial charge is 0.444 e. The van der Waals surface area contributed by atoms with E-state index in [2.05, 4.69) is 0 Å². The molecule has 0 aliphatic carbocycles. The van der Waals surface area contributed by atoms with Crippen molar-refractivity contribution in [1.82, 2.24) is 4.90 Å². The first-order chi connectivity index (χ1) is 7.70. The maximum Gasteiger partial charge on any atom is 0.411 e. The monoisotopic (exact) mass is 240 g/mol. The van der Waals surface area contributed by atoms with Gasteiger partial charge in [0.15, 0.2) is 5.78 Å². The van der Waals surface area contributed by atoms with Crippen molar-refractivity contribution in [3.8, 4) is 0 Å². The van der Waals surface area contributed by atoms with Crippen molar-refractivity contribution in [3.63, 3.8) is 0 Å². The number of rotatable bonds is 2. The summed E-state index contributed by atoms with van der Waals surface area (Å²) in [5.74, 6) is -0.346. The van der Waals surface area contributed by atoms with Crippen molar-refractivity contribution in [2.75, 3.05) is 6.54 Å². The van der Waals surface area contributed by atoms with Gasteiger partial charge in [-0.3, -0.25) is 9.69 Å². The highest BCUT2D eigenvalue weighted by molar-refractivity contribution is 6.30. The summed E-state index contributed by atoms with van der Waals surface area (Å²) in [6.45, 7) is 7.56. The highest BCUT2D eigenvalue weighted by atomic mass is 16.6. The Labute approximate surface area is 102 Å². The van der Waals surface area contributed by atoms with Crippen LogP contribution in [0, 0.1) is 5.41 Å². The molecule has 96 valence electrons. The topological polar surface area (TPSA) is 70.5 Å². The minimum atomic E-state index is -0.913. The zero-order valence-electron chi connectivity index (χ0n) is 10.9. The molecular weight excluding hydrogens is 220 g/mol. The standard InChI is InChI=1S/C12H20N2O3/c1-11(2,3)17-10(16)14-7-5-6-12(14,4)9(15)8-13/h8,13H,5-7H2,1-4H3. The summed E-state index contributed by atoms with van der Waals surface area (Å²) >= 11 is 0. The van der Waals surface area contributed by atoms with Crippen molar-refractivity contribution in [1.29, 1.82) is 5.41 Å². The summed E-state index contributed by atoms with van der Waals surface area (Å²) < 4.78 is 5.27. The SMILES string of the molecule is CC(C)(C)OC(=O)N1CCCC1(C)C(=O)C=N. The van der Waals surface area contributed by atoms with E-state index in [9.17, 15) is 9.59 Å². The van der Waals surface area contributed by atoms with Gasteiger partial charge in [-0.05, 0) is 40.5 Å². The first-order valence-electron chi connectivity index (χ1n) is 5.76. The molecule has 1 unspecified atom stereocenters. The first kappa shape index (κ1) is 13.7. The zero-order valence-corrected chi connectivity index (χ0v) is 10.9. The highest BCUT2D eigenvalue weighted by Crippen LogP contribution is 2.30. The summed E-state index contributed by atoms with van der Waals surface area (Å²) in [4.78, 5) is 25.1. The molecule has 5 nitrogen and oxygen atoms in total. The molecule has 0 bridgehead atoms. The van der Waals surface area contributed by atoms with Crippen LogP contribution in [0.15, 0.2) is 0 Å². The van der Waals surface area contributed by atoms with Crippen LogP contribution in [0.3, 0.4) is 0 Å². The Morgan fingerprint density at radius 2 is 2.00 bits per heavy atom. The van der Waals surface area contributed by atoms with Gasteiger partial charge in [0.25, 0.3) is 0 Å². The summed E-state index contributed by atoms with van der Waals surface area (Å²) in [6.07, 6.45) is 1.64. The summed E-state index contributed by atoms with van der Waals surface area (Å²) in [7, 11) is 0. The number of hydrogen-bond acceptors (Lipinski definition) is 4. The number of ketones is 1. The van der Waals surface area contributed by atoms with E-state index in [1.54, 1.807) is 27.7 Å². The molecule has 1 fully saturated rings. The fourth-order valence-electron chi connectivity index (χ4n) is 1.98. The fourth-order valence-corrected chi connectivity index (χ4v) is 1.98. The number of carbonyl (C=O) groups is 2. The molecule has 1 N–H and O–H groups in total. The fraction of sp³-hybridized carbons (Fsp3) is 0.750. The predicted octanol–water partition coefficient (Wildman–Crippen LogP) is 1.99. The number of nitrogens with one attached hydrogen (secondary N) is 1. The van der Waals surface area contributed by atoms with Gasteiger partial charge in [0.1, 0.15) is 11.1 Å². The van der Waals surface area contributed by atoms with E-state index < -0.39 is 17.2 Å². The van der Waals surface area contributed by atoms with E-state index in [-0.39, 0.29) is 5.78 Å². The zero-order chi connectivity index (χ0) is 13.3. The molecule has 0 saturated carbocycles. The lowest BCUT2D eigenvalue weighted by atomic mass is 9.94. The molecule has 1 amide bonds. The third kappa shape index (κ3) is 2.84. The lowest BCUT2D eigenvalue weighted by Crippen LogP contribution is -2.52. The maximum absolute atomic E-state index is 12.0. The number of Topliss-reactive ketones (excluding diaryl/α,β-unsaturated/α-hetero) is 1. The van der Waals surface area contributed by atoms with Gasteiger partial charge in [-0.25, -0.2) is 4.79 Å². The van der Waals surface area contributed by atoms with Gasteiger partial charge < -0.3 is 10.1 Å². The van der Waals surface area contributed by atoms with Crippen LogP contribution in [0.2, 0.25) is 0 Å². The molecule has 1 aliphatic rings. The van der Waals surface area contributed by atoms with E-state index in [4.69, 9.17) is 10.1 Å². The molecule has 5 heteroatoms. The average Bonchev–Trinajstić information content (AvgIpc) is 2.58. The van der Waals surface area contributed by atoms with Crippen molar-refractivity contribution < 1.29 is 14.3 Å². The highest BCUT2D eigenvalue weighted by Gasteiger charge is 2.46. The van der Waals surface area contributed by atoms with Crippen LogP contribution in [-0.2, 0) is 9.53 Å². The van der Waals surface area contributed by atoms with Crippen LogP contribution in [0.4, 0.5) is 4.79 Å². The van der Waals surface area contributed by atoms with Crippen LogP contribution in [-0.4, -0.2) is 40.7 Å². The maximum atomic E-state index is 12.0. The van der Waals surface area contributed by atoms with Crippen molar-refractivity contribution >= 4 is 18.1 Å². The third-order valence-corrected chi connectivity index (χ3v) is 2.92. The predicted molar refractivity (Wildman–Crippen MR) is 64.4 cm³/mol. The normalized spacial score (nSPS) is 24.6. The van der Waals surface area contributed by atoms with E-state index in [0.29, 0.717) is 13.0 Å². The molecule has 0 aromatic rings. The second-order valence-corrected chi connectivity index (χ2v) is 5.52. The van der Waals surface area contributed by atoms with Crippen molar-refractivity contribution in [2.45, 2.75) is 51.7 Å². The second-order valence-electron chi connectivity index (χ2n) is 5.52. The van der Waals surface area contributed by atoms with Gasteiger partial charge >= 0.3 is 6.09 Å². The molecule has 0 spiro atoms. The van der Waals surface area contributed by atoms with Crippen LogP contribution < -0.4 is 0 Å². The molecule has 17 heavy (non-hydrogen) atoms. The Morgan fingerprint density at radius 1 is 1.41 bits per heavy atom. The van der Waals surface area contributed by atoms with Gasteiger partial charge in [0.2, 0.25) is 0 Å². The Morgan fingerprint density at radius 3 is 2.47 bits per heavy atom. The van der Waals surface area contributed by atoms with E-state index in [1.807, 2.05) is 0 Å². The van der Waals surface area contributed by atoms with Gasteiger partial charge in [0.05, 0.1) is 6.21 Å². The molecule has 0 aromatic carbocycles. The van der Waals surface area contributed by atoms with Gasteiger partial charge in [-0.2, -0.15) is 0 Å². The average molecular weight is 240 g/mol. The number of amides is 1. The smallest absolute Gasteiger partial charge is 0.411 e. The molecular formula is C12H20N2O3. The number of ether oxygens (including phenoxy) is 1. The van der Waals surface area contributed by atoms with Gasteiger partial charge in [-0.1, -0.05) is 0 Å². The molecule has 1 aliphatic heterocycles. The summed E-state index contributed by atoms with van der Waals surface area (Å²) in [6, 6.07) is 0. The molecule has 1 rings (SSSR count). The van der Waals surface area contributed by atoms with Crippen LogP contribution >= 0.6 is 0 Å². The van der Waals surface area contributed by atoms with Crippen LogP contribution in [0.25, 0.3) is 0 Å². The minimum Gasteiger partial charge on any atom is -0.444 e. The third-order valence-electron chi connectivity index (χ3n) is 2.92. The molecule has 1 atom stereocenters. The Hall–Kier alpha value is -1.39. The van der Waals surface area contributed by atoms with Crippen LogP contribution in [0.1, 0.15) is 40.5 Å². The van der Waals surface area contributed by atoms with Crippen molar-refractivity contribution in [2.24, 2.45) is 0 Å². The van der Waals surface area contributed by atoms with E-state index in [0.717, 1.165) is 12.6 Å². The van der Waals surface area contributed by atoms with Gasteiger partial charge in [-0.15, -0.1) is 0 Å². The number of hydrogen-bond donors (Lipinski definition) is 1. The minimum absolute atomic E-state index is 0.346. The number of nitrogens with zero attached hydrogens (tertiary/aromatic N) is 1. The quantitative estimate of drug-likeness (QED) is 0.750. The molecule has 1 saturated heterocycles. The lowest BCUT2D eigenvalue weighted by Gasteiger charge is -2.34. The van der Waals surface area contributed by atoms with Crippen molar-refractivity contribution in [3.05, 3.63) is 0 Å². The molecule has 0 radical (unpaired) electrons. The Bertz CT molecular complexity index is 346. The van der Waals surface area contributed by atoms with Crippen LogP contribution in [0.5, 0.6) is 0 Å². The van der Waals surface area contributed by atoms with E-state index in [1.165, 1.54) is 4.90 Å². The Balaban J connectivity index is 2.86. The number of likely N-dealkylation sites (tertiary alicyclic amines) is 1. The summed E-state index contributed by atoms with van der Waals surface area (Å²) in [5.41, 5.74) is -1.49. The van der Waals surface area contributed by atoms with E-state index >= 15 is 0 Å². The second kappa shape index (κ2) is 4.47. The molecule has 1 heterocycles. The lowest BCUT2D eigenvalue weighted by molar-refractivity contribution is -0.121. The first-order valence-corrected chi connectivity index (χ1v) is 5.76. The number of carbonyl (C=O) groups excluding carboxylic acids is 2. The van der Waals surface area contributed by atoms with Gasteiger partial charge in [0, 0.05) is 6.54 Å².